The first-order valence-electron chi connectivity index (χ1n) is 3.53. The van der Waals surface area contributed by atoms with Gasteiger partial charge in [-0.1, -0.05) is 0 Å². The first kappa shape index (κ1) is 9.29. The number of aliphatic hydroxyl groups excluding tert-OH is 1. The predicted octanol–water partition coefficient (Wildman–Crippen LogP) is 1.33. The maximum Gasteiger partial charge on any atom is 0.141 e. The van der Waals surface area contributed by atoms with E-state index in [0.29, 0.717) is 16.8 Å². The molecule has 0 atom stereocenters. The number of rotatable bonds is 2. The minimum atomic E-state index is -0.150. The van der Waals surface area contributed by atoms with E-state index in [-0.39, 0.29) is 18.2 Å². The molecule has 1 heterocycles. The topological polar surface area (TPSA) is 53.4 Å². The Morgan fingerprint density at radius 2 is 2.25 bits per heavy atom. The molecule has 0 radical (unpaired) electrons. The normalized spacial score (nSPS) is 10.2. The summed E-state index contributed by atoms with van der Waals surface area (Å²) in [5.74, 6) is 0.266. The van der Waals surface area contributed by atoms with Crippen molar-refractivity contribution in [2.45, 2.75) is 19.4 Å². The molecule has 12 heavy (non-hydrogen) atoms. The van der Waals surface area contributed by atoms with Crippen molar-refractivity contribution in [3.63, 3.8) is 0 Å². The van der Waals surface area contributed by atoms with Crippen LogP contribution in [0.3, 0.4) is 0 Å². The minimum absolute atomic E-state index is 0.0801. The third-order valence-electron chi connectivity index (χ3n) is 1.73. The molecule has 0 saturated heterocycles. The van der Waals surface area contributed by atoms with E-state index in [2.05, 4.69) is 4.98 Å². The fourth-order valence-corrected chi connectivity index (χ4v) is 1.27. The summed E-state index contributed by atoms with van der Waals surface area (Å²) in [6.07, 6.45) is 1.52. The molecule has 4 heteroatoms. The molecule has 1 rings (SSSR count). The number of aromatic hydroxyl groups is 1. The lowest BCUT2D eigenvalue weighted by molar-refractivity contribution is 0.279. The van der Waals surface area contributed by atoms with Crippen LogP contribution in [0.5, 0.6) is 5.75 Å². The molecule has 0 aliphatic carbocycles. The first-order valence-corrected chi connectivity index (χ1v) is 4.07. The van der Waals surface area contributed by atoms with Crippen LogP contribution < -0.4 is 0 Å². The van der Waals surface area contributed by atoms with E-state index in [1.807, 2.05) is 0 Å². The fourth-order valence-electron chi connectivity index (χ4n) is 0.970. The van der Waals surface area contributed by atoms with Crippen LogP contribution >= 0.6 is 11.6 Å². The van der Waals surface area contributed by atoms with Crippen molar-refractivity contribution >= 4 is 11.6 Å². The van der Waals surface area contributed by atoms with Gasteiger partial charge in [0.15, 0.2) is 0 Å². The molecule has 66 valence electrons. The van der Waals surface area contributed by atoms with Crippen LogP contribution in [0.25, 0.3) is 0 Å². The zero-order chi connectivity index (χ0) is 9.14. The van der Waals surface area contributed by atoms with Gasteiger partial charge in [0.2, 0.25) is 0 Å². The molecule has 0 spiro atoms. The van der Waals surface area contributed by atoms with E-state index >= 15 is 0 Å². The zero-order valence-electron chi connectivity index (χ0n) is 6.71. The maximum atomic E-state index is 9.45. The summed E-state index contributed by atoms with van der Waals surface area (Å²) in [5.41, 5.74) is 1.67. The average Bonchev–Trinajstić information content (AvgIpc) is 2.09. The number of hydrogen-bond donors (Lipinski definition) is 2. The SMILES string of the molecule is Cc1ncc(CO)c(CCl)c1O. The van der Waals surface area contributed by atoms with Crippen molar-refractivity contribution in [1.29, 1.82) is 0 Å². The van der Waals surface area contributed by atoms with Crippen LogP contribution in [-0.4, -0.2) is 15.2 Å². The van der Waals surface area contributed by atoms with Crippen LogP contribution in [0, 0.1) is 6.92 Å². The van der Waals surface area contributed by atoms with Crippen molar-refractivity contribution in [2.24, 2.45) is 0 Å². The Bertz CT molecular complexity index is 289. The average molecular weight is 188 g/mol. The number of pyridine rings is 1. The largest absolute Gasteiger partial charge is 0.506 e. The number of aromatic nitrogens is 1. The van der Waals surface area contributed by atoms with E-state index in [4.69, 9.17) is 16.7 Å². The Morgan fingerprint density at radius 1 is 1.58 bits per heavy atom. The Balaban J connectivity index is 3.25. The molecule has 0 aromatic carbocycles. The number of nitrogens with zero attached hydrogens (tertiary/aromatic N) is 1. The highest BCUT2D eigenvalue weighted by Crippen LogP contribution is 2.24. The van der Waals surface area contributed by atoms with Gasteiger partial charge in [-0.2, -0.15) is 0 Å². The molecule has 2 N–H and O–H groups in total. The van der Waals surface area contributed by atoms with Crippen molar-refractivity contribution in [1.82, 2.24) is 4.98 Å². The summed E-state index contributed by atoms with van der Waals surface area (Å²) in [5, 5.41) is 18.3. The van der Waals surface area contributed by atoms with E-state index in [9.17, 15) is 5.11 Å². The molecular formula is C8H10ClNO2. The monoisotopic (exact) mass is 187 g/mol. The summed E-state index contributed by atoms with van der Waals surface area (Å²) >= 11 is 5.59. The van der Waals surface area contributed by atoms with Gasteiger partial charge in [0.25, 0.3) is 0 Å². The molecule has 0 bridgehead atoms. The molecule has 0 aliphatic heterocycles. The van der Waals surface area contributed by atoms with Crippen LogP contribution in [0.4, 0.5) is 0 Å². The third-order valence-corrected chi connectivity index (χ3v) is 2.00. The fraction of sp³-hybridized carbons (Fsp3) is 0.375. The molecule has 1 aromatic rings. The zero-order valence-corrected chi connectivity index (χ0v) is 7.47. The third kappa shape index (κ3) is 1.52. The molecule has 0 amide bonds. The van der Waals surface area contributed by atoms with Gasteiger partial charge in [-0.3, -0.25) is 4.98 Å². The second-order valence-electron chi connectivity index (χ2n) is 2.49. The molecule has 0 unspecified atom stereocenters. The lowest BCUT2D eigenvalue weighted by Gasteiger charge is -2.07. The summed E-state index contributed by atoms with van der Waals surface area (Å²) in [6.45, 7) is 1.54. The number of hydrogen-bond acceptors (Lipinski definition) is 3. The van der Waals surface area contributed by atoms with Crippen molar-refractivity contribution in [3.05, 3.63) is 23.0 Å². The van der Waals surface area contributed by atoms with Crippen LogP contribution in [-0.2, 0) is 12.5 Å². The van der Waals surface area contributed by atoms with E-state index in [0.717, 1.165) is 0 Å². The van der Waals surface area contributed by atoms with Gasteiger partial charge in [0.05, 0.1) is 18.2 Å². The summed E-state index contributed by atoms with van der Waals surface area (Å²) in [6, 6.07) is 0. The van der Waals surface area contributed by atoms with E-state index in [1.165, 1.54) is 6.20 Å². The maximum absolute atomic E-state index is 9.45. The Morgan fingerprint density at radius 3 is 2.75 bits per heavy atom. The first-order chi connectivity index (χ1) is 5.70. The van der Waals surface area contributed by atoms with Gasteiger partial charge in [0, 0.05) is 17.3 Å². The van der Waals surface area contributed by atoms with Gasteiger partial charge in [-0.25, -0.2) is 0 Å². The van der Waals surface area contributed by atoms with Crippen molar-refractivity contribution in [2.75, 3.05) is 0 Å². The smallest absolute Gasteiger partial charge is 0.141 e. The van der Waals surface area contributed by atoms with Crippen molar-refractivity contribution < 1.29 is 10.2 Å². The second-order valence-corrected chi connectivity index (χ2v) is 2.76. The molecular weight excluding hydrogens is 178 g/mol. The minimum Gasteiger partial charge on any atom is -0.506 e. The predicted molar refractivity (Wildman–Crippen MR) is 46.1 cm³/mol. The van der Waals surface area contributed by atoms with Crippen LogP contribution in [0.15, 0.2) is 6.20 Å². The molecule has 1 aromatic heterocycles. The van der Waals surface area contributed by atoms with Crippen LogP contribution in [0.1, 0.15) is 16.8 Å². The standard InChI is InChI=1S/C8H10ClNO2/c1-5-8(12)7(2-9)6(4-11)3-10-5/h3,11-12H,2,4H2,1H3. The van der Waals surface area contributed by atoms with Gasteiger partial charge in [-0.05, 0) is 6.92 Å². The molecule has 3 nitrogen and oxygen atoms in total. The van der Waals surface area contributed by atoms with E-state index in [1.54, 1.807) is 6.92 Å². The number of halogens is 1. The number of aliphatic hydroxyl groups is 1. The van der Waals surface area contributed by atoms with Crippen molar-refractivity contribution in [3.8, 4) is 5.75 Å². The Hall–Kier alpha value is -0.800. The number of alkyl halides is 1. The Labute approximate surface area is 75.6 Å². The lowest BCUT2D eigenvalue weighted by atomic mass is 10.1. The summed E-state index contributed by atoms with van der Waals surface area (Å²) < 4.78 is 0. The summed E-state index contributed by atoms with van der Waals surface area (Å²) in [4.78, 5) is 3.89. The van der Waals surface area contributed by atoms with Gasteiger partial charge < -0.3 is 10.2 Å². The molecule has 0 saturated carbocycles. The van der Waals surface area contributed by atoms with Gasteiger partial charge in [-0.15, -0.1) is 11.6 Å². The molecule has 0 fully saturated rings. The van der Waals surface area contributed by atoms with Gasteiger partial charge >= 0.3 is 0 Å². The second kappa shape index (κ2) is 3.74. The molecule has 0 aliphatic rings. The van der Waals surface area contributed by atoms with Gasteiger partial charge in [0.1, 0.15) is 5.75 Å². The highest BCUT2D eigenvalue weighted by atomic mass is 35.5. The quantitative estimate of drug-likeness (QED) is 0.687. The Kier molecular flexibility index (Phi) is 2.89. The van der Waals surface area contributed by atoms with E-state index < -0.39 is 0 Å². The summed E-state index contributed by atoms with van der Waals surface area (Å²) in [7, 11) is 0. The lowest BCUT2D eigenvalue weighted by Crippen LogP contribution is -1.96. The number of aryl methyl sites for hydroxylation is 1. The van der Waals surface area contributed by atoms with Crippen LogP contribution in [0.2, 0.25) is 0 Å². The highest BCUT2D eigenvalue weighted by Gasteiger charge is 2.09. The highest BCUT2D eigenvalue weighted by molar-refractivity contribution is 6.17.